The molecule has 90 valence electrons. The zero-order chi connectivity index (χ0) is 12.1. The van der Waals surface area contributed by atoms with Crippen molar-refractivity contribution in [3.63, 3.8) is 0 Å². The van der Waals surface area contributed by atoms with Gasteiger partial charge < -0.3 is 9.64 Å². The standard InChI is InChI=1S/C13H17N3O/c1-2-16(10-12-4-3-7-17-12)13-9-15-6-5-11(13)8-14/h5-6,9,12H,2-4,7,10H2,1H3. The molecule has 4 heteroatoms. The van der Waals surface area contributed by atoms with Crippen LogP contribution in [0, 0.1) is 11.3 Å². The van der Waals surface area contributed by atoms with Crippen LogP contribution in [-0.4, -0.2) is 30.8 Å². The van der Waals surface area contributed by atoms with Crippen molar-refractivity contribution < 1.29 is 4.74 Å². The number of nitriles is 1. The Kier molecular flexibility index (Phi) is 3.94. The summed E-state index contributed by atoms with van der Waals surface area (Å²) in [6, 6.07) is 3.97. The van der Waals surface area contributed by atoms with Crippen LogP contribution in [0.3, 0.4) is 0 Å². The first-order valence-corrected chi connectivity index (χ1v) is 6.05. The first kappa shape index (κ1) is 11.9. The minimum Gasteiger partial charge on any atom is -0.376 e. The highest BCUT2D eigenvalue weighted by Crippen LogP contribution is 2.21. The quantitative estimate of drug-likeness (QED) is 0.794. The van der Waals surface area contributed by atoms with Crippen molar-refractivity contribution in [1.82, 2.24) is 4.98 Å². The lowest BCUT2D eigenvalue weighted by Crippen LogP contribution is -2.32. The molecule has 1 aliphatic heterocycles. The molecule has 2 heterocycles. The third kappa shape index (κ3) is 2.75. The number of ether oxygens (including phenoxy) is 1. The Bertz CT molecular complexity index is 407. The predicted octanol–water partition coefficient (Wildman–Crippen LogP) is 1.96. The second kappa shape index (κ2) is 5.65. The molecule has 0 aromatic carbocycles. The van der Waals surface area contributed by atoms with Crippen LogP contribution >= 0.6 is 0 Å². The van der Waals surface area contributed by atoms with E-state index in [0.717, 1.165) is 38.2 Å². The highest BCUT2D eigenvalue weighted by atomic mass is 16.5. The van der Waals surface area contributed by atoms with E-state index in [0.29, 0.717) is 11.7 Å². The molecule has 1 fully saturated rings. The number of anilines is 1. The van der Waals surface area contributed by atoms with Crippen LogP contribution in [0.5, 0.6) is 0 Å². The summed E-state index contributed by atoms with van der Waals surface area (Å²) in [7, 11) is 0. The van der Waals surface area contributed by atoms with Gasteiger partial charge in [0.05, 0.1) is 23.6 Å². The largest absolute Gasteiger partial charge is 0.376 e. The van der Waals surface area contributed by atoms with Crippen molar-refractivity contribution >= 4 is 5.69 Å². The lowest BCUT2D eigenvalue weighted by molar-refractivity contribution is 0.115. The molecule has 0 bridgehead atoms. The second-order valence-electron chi connectivity index (χ2n) is 4.18. The van der Waals surface area contributed by atoms with E-state index in [-0.39, 0.29) is 0 Å². The highest BCUT2D eigenvalue weighted by molar-refractivity contribution is 5.57. The first-order valence-electron chi connectivity index (χ1n) is 6.05. The van der Waals surface area contributed by atoms with Crippen molar-refractivity contribution in [3.8, 4) is 6.07 Å². The summed E-state index contributed by atoms with van der Waals surface area (Å²) >= 11 is 0. The summed E-state index contributed by atoms with van der Waals surface area (Å²) in [4.78, 5) is 6.27. The van der Waals surface area contributed by atoms with Crippen LogP contribution in [0.25, 0.3) is 0 Å². The number of hydrogen-bond donors (Lipinski definition) is 0. The van der Waals surface area contributed by atoms with Crippen molar-refractivity contribution in [1.29, 1.82) is 5.26 Å². The Labute approximate surface area is 102 Å². The first-order chi connectivity index (χ1) is 8.35. The molecule has 0 radical (unpaired) electrons. The summed E-state index contributed by atoms with van der Waals surface area (Å²) < 4.78 is 5.64. The zero-order valence-corrected chi connectivity index (χ0v) is 10.1. The van der Waals surface area contributed by atoms with Crippen molar-refractivity contribution in [3.05, 3.63) is 24.0 Å². The van der Waals surface area contributed by atoms with Gasteiger partial charge >= 0.3 is 0 Å². The average molecular weight is 231 g/mol. The normalized spacial score (nSPS) is 18.9. The van der Waals surface area contributed by atoms with Crippen molar-refractivity contribution in [2.24, 2.45) is 0 Å². The van der Waals surface area contributed by atoms with Gasteiger partial charge in [0.25, 0.3) is 0 Å². The van der Waals surface area contributed by atoms with Gasteiger partial charge in [-0.2, -0.15) is 5.26 Å². The monoisotopic (exact) mass is 231 g/mol. The predicted molar refractivity (Wildman–Crippen MR) is 65.8 cm³/mol. The number of hydrogen-bond acceptors (Lipinski definition) is 4. The molecule has 17 heavy (non-hydrogen) atoms. The van der Waals surface area contributed by atoms with Gasteiger partial charge in [-0.1, -0.05) is 0 Å². The van der Waals surface area contributed by atoms with E-state index in [4.69, 9.17) is 10.00 Å². The van der Waals surface area contributed by atoms with Gasteiger partial charge in [0, 0.05) is 25.9 Å². The van der Waals surface area contributed by atoms with Gasteiger partial charge in [0.1, 0.15) is 6.07 Å². The zero-order valence-electron chi connectivity index (χ0n) is 10.1. The Balaban J connectivity index is 2.14. The molecule has 1 aromatic heterocycles. The molecule has 0 N–H and O–H groups in total. The van der Waals surface area contributed by atoms with Gasteiger partial charge in [-0.15, -0.1) is 0 Å². The fourth-order valence-corrected chi connectivity index (χ4v) is 2.16. The molecular formula is C13H17N3O. The topological polar surface area (TPSA) is 49.1 Å². The van der Waals surface area contributed by atoms with E-state index in [1.165, 1.54) is 0 Å². The maximum atomic E-state index is 9.09. The van der Waals surface area contributed by atoms with E-state index < -0.39 is 0 Å². The Morgan fingerprint density at radius 2 is 2.53 bits per heavy atom. The van der Waals surface area contributed by atoms with Crippen LogP contribution in [0.1, 0.15) is 25.3 Å². The molecular weight excluding hydrogens is 214 g/mol. The maximum Gasteiger partial charge on any atom is 0.101 e. The Morgan fingerprint density at radius 3 is 3.18 bits per heavy atom. The van der Waals surface area contributed by atoms with Crippen molar-refractivity contribution in [2.75, 3.05) is 24.6 Å². The van der Waals surface area contributed by atoms with E-state index in [2.05, 4.69) is 22.9 Å². The number of nitrogens with zero attached hydrogens (tertiary/aromatic N) is 3. The fourth-order valence-electron chi connectivity index (χ4n) is 2.16. The van der Waals surface area contributed by atoms with Crippen LogP contribution in [-0.2, 0) is 4.74 Å². The van der Waals surface area contributed by atoms with Gasteiger partial charge in [0.2, 0.25) is 0 Å². The van der Waals surface area contributed by atoms with Crippen LogP contribution < -0.4 is 4.90 Å². The molecule has 4 nitrogen and oxygen atoms in total. The SMILES string of the molecule is CCN(CC1CCCO1)c1cnccc1C#N. The molecule has 2 rings (SSSR count). The lowest BCUT2D eigenvalue weighted by atomic mass is 10.2. The molecule has 0 aliphatic carbocycles. The minimum absolute atomic E-state index is 0.293. The van der Waals surface area contributed by atoms with Crippen LogP contribution in [0.4, 0.5) is 5.69 Å². The van der Waals surface area contributed by atoms with E-state index in [9.17, 15) is 0 Å². The summed E-state index contributed by atoms with van der Waals surface area (Å²) in [6.07, 6.45) is 5.96. The van der Waals surface area contributed by atoms with Crippen LogP contribution in [0.15, 0.2) is 18.5 Å². The highest BCUT2D eigenvalue weighted by Gasteiger charge is 2.20. The molecule has 1 saturated heterocycles. The Hall–Kier alpha value is -1.60. The number of rotatable bonds is 4. The molecule has 1 aromatic rings. The third-order valence-electron chi connectivity index (χ3n) is 3.09. The summed E-state index contributed by atoms with van der Waals surface area (Å²) in [6.45, 7) is 4.65. The van der Waals surface area contributed by atoms with Gasteiger partial charge in [-0.05, 0) is 25.8 Å². The lowest BCUT2D eigenvalue weighted by Gasteiger charge is -2.26. The van der Waals surface area contributed by atoms with E-state index in [1.54, 1.807) is 18.5 Å². The minimum atomic E-state index is 0.293. The van der Waals surface area contributed by atoms with Crippen molar-refractivity contribution in [2.45, 2.75) is 25.9 Å². The third-order valence-corrected chi connectivity index (χ3v) is 3.09. The van der Waals surface area contributed by atoms with Gasteiger partial charge in [-0.3, -0.25) is 4.98 Å². The van der Waals surface area contributed by atoms with E-state index >= 15 is 0 Å². The number of aromatic nitrogens is 1. The van der Waals surface area contributed by atoms with Gasteiger partial charge in [0.15, 0.2) is 0 Å². The summed E-state index contributed by atoms with van der Waals surface area (Å²) in [5, 5.41) is 9.09. The van der Waals surface area contributed by atoms with Gasteiger partial charge in [-0.25, -0.2) is 0 Å². The molecule has 0 amide bonds. The number of likely N-dealkylation sites (N-methyl/N-ethyl adjacent to an activating group) is 1. The number of pyridine rings is 1. The second-order valence-corrected chi connectivity index (χ2v) is 4.18. The summed E-state index contributed by atoms with van der Waals surface area (Å²) in [5.41, 5.74) is 1.59. The van der Waals surface area contributed by atoms with Crippen LogP contribution in [0.2, 0.25) is 0 Å². The maximum absolute atomic E-state index is 9.09. The molecule has 1 atom stereocenters. The van der Waals surface area contributed by atoms with E-state index in [1.807, 2.05) is 0 Å². The smallest absolute Gasteiger partial charge is 0.101 e. The molecule has 0 saturated carbocycles. The fraction of sp³-hybridized carbons (Fsp3) is 0.538. The Morgan fingerprint density at radius 1 is 1.65 bits per heavy atom. The molecule has 1 aliphatic rings. The summed E-state index contributed by atoms with van der Waals surface area (Å²) in [5.74, 6) is 0. The molecule has 1 unspecified atom stereocenters. The molecule has 0 spiro atoms. The average Bonchev–Trinajstić information content (AvgIpc) is 2.89.